The van der Waals surface area contributed by atoms with Gasteiger partial charge in [0.05, 0.1) is 12.1 Å². The second-order valence-corrected chi connectivity index (χ2v) is 6.30. The van der Waals surface area contributed by atoms with Gasteiger partial charge < -0.3 is 5.32 Å². The summed E-state index contributed by atoms with van der Waals surface area (Å²) in [5, 5.41) is 14.6. The van der Waals surface area contributed by atoms with Crippen LogP contribution in [0.15, 0.2) is 35.9 Å². The average Bonchev–Trinajstić information content (AvgIpc) is 3.02. The number of aryl methyl sites for hydroxylation is 1. The van der Waals surface area contributed by atoms with Gasteiger partial charge in [0, 0.05) is 6.04 Å². The molecular weight excluding hydrogens is 302 g/mol. The normalized spacial score (nSPS) is 15.7. The molecule has 1 aromatic carbocycles. The van der Waals surface area contributed by atoms with Crippen molar-refractivity contribution in [3.05, 3.63) is 47.3 Å². The Hall–Kier alpha value is -2.50. The Morgan fingerprint density at radius 3 is 2.71 bits per heavy atom. The number of benzene rings is 1. The lowest BCUT2D eigenvalue weighted by Gasteiger charge is -2.20. The van der Waals surface area contributed by atoms with Crippen LogP contribution in [0.2, 0.25) is 0 Å². The number of hydrogen-bond acceptors (Lipinski definition) is 4. The van der Waals surface area contributed by atoms with Gasteiger partial charge in [0.2, 0.25) is 5.91 Å². The third-order valence-electron chi connectivity index (χ3n) is 4.43. The van der Waals surface area contributed by atoms with Gasteiger partial charge in [-0.05, 0) is 67.7 Å². The van der Waals surface area contributed by atoms with Crippen LogP contribution in [0.3, 0.4) is 0 Å². The van der Waals surface area contributed by atoms with Gasteiger partial charge in [0.25, 0.3) is 0 Å². The Balaban J connectivity index is 1.58. The molecule has 2 aromatic rings. The summed E-state index contributed by atoms with van der Waals surface area (Å²) in [7, 11) is 0. The third-order valence-corrected chi connectivity index (χ3v) is 4.43. The van der Waals surface area contributed by atoms with E-state index in [-0.39, 0.29) is 11.9 Å². The van der Waals surface area contributed by atoms with Gasteiger partial charge in [-0.1, -0.05) is 23.8 Å². The maximum absolute atomic E-state index is 12.3. The largest absolute Gasteiger partial charge is 0.350 e. The van der Waals surface area contributed by atoms with Crippen molar-refractivity contribution in [2.45, 2.75) is 52.0 Å². The van der Waals surface area contributed by atoms with Gasteiger partial charge in [-0.25, -0.2) is 0 Å². The second kappa shape index (κ2) is 7.38. The smallest absolute Gasteiger partial charge is 0.224 e. The molecule has 1 N–H and O–H groups in total. The Morgan fingerprint density at radius 1 is 1.29 bits per heavy atom. The predicted molar refractivity (Wildman–Crippen MR) is 91.8 cm³/mol. The first-order valence-electron chi connectivity index (χ1n) is 8.46. The van der Waals surface area contributed by atoms with Crippen molar-refractivity contribution in [2.75, 3.05) is 0 Å². The molecule has 1 amide bonds. The lowest BCUT2D eigenvalue weighted by molar-refractivity contribution is -0.120. The summed E-state index contributed by atoms with van der Waals surface area (Å²) in [5.41, 5.74) is 3.23. The van der Waals surface area contributed by atoms with Crippen LogP contribution in [0.25, 0.3) is 5.69 Å². The standard InChI is InChI=1S/C18H23N5O/c1-13(16-6-4-3-5-7-16)19-18(24)12-15-8-10-17(11-9-15)23-14(2)20-21-22-23/h6,8-11,13H,3-5,7,12H2,1-2H3,(H,19,24)/t13-/m1/s1. The van der Waals surface area contributed by atoms with E-state index in [4.69, 9.17) is 0 Å². The quantitative estimate of drug-likeness (QED) is 0.857. The average molecular weight is 325 g/mol. The number of allylic oxidation sites excluding steroid dienone is 1. The van der Waals surface area contributed by atoms with E-state index in [0.717, 1.165) is 29.9 Å². The fraction of sp³-hybridized carbons (Fsp3) is 0.444. The lowest BCUT2D eigenvalue weighted by atomic mass is 9.94. The first kappa shape index (κ1) is 16.4. The molecule has 1 aliphatic rings. The molecule has 3 rings (SSSR count). The summed E-state index contributed by atoms with van der Waals surface area (Å²) >= 11 is 0. The number of nitrogens with one attached hydrogen (secondary N) is 1. The molecule has 1 atom stereocenters. The van der Waals surface area contributed by atoms with Gasteiger partial charge in [0.1, 0.15) is 0 Å². The third kappa shape index (κ3) is 3.88. The molecule has 0 radical (unpaired) electrons. The number of tetrazole rings is 1. The number of carbonyl (C=O) groups is 1. The van der Waals surface area contributed by atoms with Crippen LogP contribution in [-0.4, -0.2) is 32.2 Å². The molecule has 1 aromatic heterocycles. The molecular formula is C18H23N5O. The van der Waals surface area contributed by atoms with Gasteiger partial charge in [-0.15, -0.1) is 5.10 Å². The Labute approximate surface area is 142 Å². The Morgan fingerprint density at radius 2 is 2.08 bits per heavy atom. The van der Waals surface area contributed by atoms with E-state index in [1.54, 1.807) is 4.68 Å². The zero-order chi connectivity index (χ0) is 16.9. The first-order chi connectivity index (χ1) is 11.6. The van der Waals surface area contributed by atoms with Gasteiger partial charge in [0.15, 0.2) is 5.82 Å². The van der Waals surface area contributed by atoms with E-state index in [0.29, 0.717) is 6.42 Å². The second-order valence-electron chi connectivity index (χ2n) is 6.30. The van der Waals surface area contributed by atoms with E-state index < -0.39 is 0 Å². The molecule has 0 saturated heterocycles. The minimum Gasteiger partial charge on any atom is -0.350 e. The van der Waals surface area contributed by atoms with Crippen LogP contribution >= 0.6 is 0 Å². The minimum absolute atomic E-state index is 0.0559. The topological polar surface area (TPSA) is 72.7 Å². The highest BCUT2D eigenvalue weighted by molar-refractivity contribution is 5.79. The maximum Gasteiger partial charge on any atom is 0.224 e. The molecule has 0 spiro atoms. The summed E-state index contributed by atoms with van der Waals surface area (Å²) in [6.45, 7) is 3.92. The molecule has 0 saturated carbocycles. The first-order valence-corrected chi connectivity index (χ1v) is 8.46. The zero-order valence-corrected chi connectivity index (χ0v) is 14.2. The maximum atomic E-state index is 12.3. The highest BCUT2D eigenvalue weighted by Crippen LogP contribution is 2.20. The molecule has 6 nitrogen and oxygen atoms in total. The fourth-order valence-electron chi connectivity index (χ4n) is 3.05. The zero-order valence-electron chi connectivity index (χ0n) is 14.2. The number of carbonyl (C=O) groups excluding carboxylic acids is 1. The summed E-state index contributed by atoms with van der Waals surface area (Å²) in [4.78, 5) is 12.3. The van der Waals surface area contributed by atoms with Crippen molar-refractivity contribution >= 4 is 5.91 Å². The molecule has 0 fully saturated rings. The summed E-state index contributed by atoms with van der Waals surface area (Å²) in [5.74, 6) is 0.787. The van der Waals surface area contributed by atoms with E-state index in [2.05, 4.69) is 33.8 Å². The van der Waals surface area contributed by atoms with Crippen LogP contribution in [0.5, 0.6) is 0 Å². The highest BCUT2D eigenvalue weighted by Gasteiger charge is 2.14. The van der Waals surface area contributed by atoms with Gasteiger partial charge >= 0.3 is 0 Å². The Bertz CT molecular complexity index is 732. The number of rotatable bonds is 5. The van der Waals surface area contributed by atoms with Crippen LogP contribution in [-0.2, 0) is 11.2 Å². The number of hydrogen-bond donors (Lipinski definition) is 1. The van der Waals surface area contributed by atoms with E-state index in [1.807, 2.05) is 31.2 Å². The molecule has 126 valence electrons. The predicted octanol–water partition coefficient (Wildman–Crippen LogP) is 2.52. The van der Waals surface area contributed by atoms with Crippen LogP contribution in [0.4, 0.5) is 0 Å². The van der Waals surface area contributed by atoms with Crippen LogP contribution in [0, 0.1) is 6.92 Å². The van der Waals surface area contributed by atoms with E-state index >= 15 is 0 Å². The molecule has 24 heavy (non-hydrogen) atoms. The van der Waals surface area contributed by atoms with Crippen LogP contribution < -0.4 is 5.32 Å². The van der Waals surface area contributed by atoms with Crippen molar-refractivity contribution in [2.24, 2.45) is 0 Å². The Kier molecular flexibility index (Phi) is 5.03. The summed E-state index contributed by atoms with van der Waals surface area (Å²) < 4.78 is 1.67. The van der Waals surface area contributed by atoms with E-state index in [9.17, 15) is 4.79 Å². The van der Waals surface area contributed by atoms with E-state index in [1.165, 1.54) is 18.4 Å². The van der Waals surface area contributed by atoms with Crippen molar-refractivity contribution in [3.63, 3.8) is 0 Å². The molecule has 0 bridgehead atoms. The lowest BCUT2D eigenvalue weighted by Crippen LogP contribution is -2.35. The van der Waals surface area contributed by atoms with Crippen molar-refractivity contribution in [1.82, 2.24) is 25.5 Å². The molecule has 1 heterocycles. The number of amides is 1. The van der Waals surface area contributed by atoms with Gasteiger partial charge in [-0.2, -0.15) is 4.68 Å². The summed E-state index contributed by atoms with van der Waals surface area (Å²) in [6.07, 6.45) is 7.38. The van der Waals surface area contributed by atoms with Crippen molar-refractivity contribution < 1.29 is 4.79 Å². The molecule has 0 unspecified atom stereocenters. The SMILES string of the molecule is Cc1nnnn1-c1ccc(CC(=O)N[C@H](C)C2=CCCCC2)cc1. The number of nitrogens with zero attached hydrogens (tertiary/aromatic N) is 4. The van der Waals surface area contributed by atoms with Crippen molar-refractivity contribution in [1.29, 1.82) is 0 Å². The minimum atomic E-state index is 0.0559. The molecule has 0 aliphatic heterocycles. The summed E-state index contributed by atoms with van der Waals surface area (Å²) in [6, 6.07) is 7.88. The van der Waals surface area contributed by atoms with Crippen LogP contribution in [0.1, 0.15) is 44.0 Å². The fourth-order valence-corrected chi connectivity index (χ4v) is 3.05. The number of aromatic nitrogens is 4. The van der Waals surface area contributed by atoms with Crippen molar-refractivity contribution in [3.8, 4) is 5.69 Å². The monoisotopic (exact) mass is 325 g/mol. The molecule has 1 aliphatic carbocycles. The van der Waals surface area contributed by atoms with Gasteiger partial charge in [-0.3, -0.25) is 4.79 Å². The molecule has 6 heteroatoms. The highest BCUT2D eigenvalue weighted by atomic mass is 16.1.